The van der Waals surface area contributed by atoms with Gasteiger partial charge in [-0.25, -0.2) is 0 Å². The molecule has 0 aliphatic carbocycles. The van der Waals surface area contributed by atoms with E-state index in [4.69, 9.17) is 0 Å². The van der Waals surface area contributed by atoms with Gasteiger partial charge in [-0.1, -0.05) is 9.78 Å². The third-order valence-electron chi connectivity index (χ3n) is 3.11. The Bertz CT molecular complexity index is 784. The molecule has 104 valence electrons. The fourth-order valence-electron chi connectivity index (χ4n) is 2.18. The molecule has 2 aliphatic heterocycles. The number of fused-ring (bicyclic) bond motifs is 2. The van der Waals surface area contributed by atoms with Crippen molar-refractivity contribution in [2.45, 2.75) is 6.17 Å². The molecule has 21 heavy (non-hydrogen) atoms. The second-order valence-electron chi connectivity index (χ2n) is 4.27. The first-order valence-corrected chi connectivity index (χ1v) is 7.66. The molecule has 10 heteroatoms. The van der Waals surface area contributed by atoms with Crippen molar-refractivity contribution in [3.05, 3.63) is 45.5 Å². The number of nitrogens with zero attached hydrogens (tertiary/aromatic N) is 6. The van der Waals surface area contributed by atoms with Gasteiger partial charge < -0.3 is 0 Å². The summed E-state index contributed by atoms with van der Waals surface area (Å²) in [6.45, 7) is 0. The summed E-state index contributed by atoms with van der Waals surface area (Å²) >= 11 is 2.88. The number of aromatic nitrogens is 2. The third kappa shape index (κ3) is 1.91. The topological polar surface area (TPSA) is 87.9 Å². The summed E-state index contributed by atoms with van der Waals surface area (Å²) in [7, 11) is 0. The highest BCUT2D eigenvalue weighted by Gasteiger charge is 2.42. The van der Waals surface area contributed by atoms with E-state index in [1.165, 1.54) is 35.2 Å². The first-order chi connectivity index (χ1) is 10.2. The largest absolute Gasteiger partial charge is 0.409 e. The number of benzene rings is 1. The van der Waals surface area contributed by atoms with Crippen molar-refractivity contribution in [2.75, 3.05) is 0 Å². The van der Waals surface area contributed by atoms with E-state index in [2.05, 4.69) is 15.2 Å². The fraction of sp³-hybridized carbons (Fsp3) is 0.0909. The summed E-state index contributed by atoms with van der Waals surface area (Å²) in [5.74, 6) is 0. The van der Waals surface area contributed by atoms with Crippen LogP contribution >= 0.6 is 23.1 Å². The van der Waals surface area contributed by atoms with Crippen molar-refractivity contribution in [1.82, 2.24) is 10.1 Å². The van der Waals surface area contributed by atoms with E-state index in [0.29, 0.717) is 0 Å². The second-order valence-corrected chi connectivity index (χ2v) is 5.89. The van der Waals surface area contributed by atoms with E-state index in [0.717, 1.165) is 15.9 Å². The molecule has 1 atom stereocenters. The minimum absolute atomic E-state index is 0.0613. The Balaban J connectivity index is 1.81. The highest BCUT2D eigenvalue weighted by atomic mass is 32.2. The van der Waals surface area contributed by atoms with E-state index in [1.54, 1.807) is 32.9 Å². The molecule has 0 saturated carbocycles. The Morgan fingerprint density at radius 1 is 1.33 bits per heavy atom. The zero-order valence-electron chi connectivity index (χ0n) is 10.4. The number of rotatable bonds is 2. The van der Waals surface area contributed by atoms with Gasteiger partial charge in [-0.2, -0.15) is 10.1 Å². The lowest BCUT2D eigenvalue weighted by atomic mass is 10.1. The van der Waals surface area contributed by atoms with Crippen LogP contribution in [0.25, 0.3) is 0 Å². The van der Waals surface area contributed by atoms with Crippen LogP contribution in [0.2, 0.25) is 0 Å². The maximum Gasteiger partial charge on any atom is 0.409 e. The zero-order chi connectivity index (χ0) is 14.4. The first-order valence-electron chi connectivity index (χ1n) is 5.91. The highest BCUT2D eigenvalue weighted by molar-refractivity contribution is 8.25. The van der Waals surface area contributed by atoms with E-state index in [1.807, 2.05) is 0 Å². The zero-order valence-corrected chi connectivity index (χ0v) is 12.0. The van der Waals surface area contributed by atoms with E-state index in [9.17, 15) is 10.1 Å². The summed E-state index contributed by atoms with van der Waals surface area (Å²) in [6, 6.07) is 6.42. The first kappa shape index (κ1) is 12.4. The molecule has 2 aromatic rings. The predicted octanol–water partition coefficient (Wildman–Crippen LogP) is 1.88. The van der Waals surface area contributed by atoms with Gasteiger partial charge in [-0.05, 0) is 35.2 Å². The predicted molar refractivity (Wildman–Crippen MR) is 78.6 cm³/mol. The summed E-state index contributed by atoms with van der Waals surface area (Å²) < 4.78 is 1.76. The van der Waals surface area contributed by atoms with Crippen molar-refractivity contribution in [2.24, 2.45) is 10.1 Å². The molecule has 2 aliphatic rings. The lowest BCUT2D eigenvalue weighted by Gasteiger charge is -2.22. The average Bonchev–Trinajstić information content (AvgIpc) is 3.12. The Morgan fingerprint density at radius 3 is 2.90 bits per heavy atom. The minimum atomic E-state index is -0.414. The maximum absolute atomic E-state index is 10.8. The summed E-state index contributed by atoms with van der Waals surface area (Å²) in [5, 5.41) is 22.7. The van der Waals surface area contributed by atoms with Gasteiger partial charge in [0.2, 0.25) is 6.17 Å². The molecule has 0 amide bonds. The number of nitro groups is 1. The Kier molecular flexibility index (Phi) is 2.72. The van der Waals surface area contributed by atoms with Gasteiger partial charge in [0.05, 0.1) is 10.5 Å². The van der Waals surface area contributed by atoms with Crippen molar-refractivity contribution in [3.8, 4) is 0 Å². The van der Waals surface area contributed by atoms with Crippen LogP contribution in [-0.4, -0.2) is 25.7 Å². The van der Waals surface area contributed by atoms with Gasteiger partial charge in [-0.3, -0.25) is 10.1 Å². The van der Waals surface area contributed by atoms with Gasteiger partial charge in [0.25, 0.3) is 5.69 Å². The van der Waals surface area contributed by atoms with Gasteiger partial charge in [0.15, 0.2) is 0 Å². The molecule has 0 saturated heterocycles. The van der Waals surface area contributed by atoms with Crippen molar-refractivity contribution in [1.29, 1.82) is 0 Å². The van der Waals surface area contributed by atoms with Gasteiger partial charge in [0.1, 0.15) is 5.51 Å². The van der Waals surface area contributed by atoms with E-state index < -0.39 is 4.92 Å². The molecule has 0 bridgehead atoms. The van der Waals surface area contributed by atoms with Gasteiger partial charge in [-0.15, -0.1) is 0 Å². The van der Waals surface area contributed by atoms with Crippen LogP contribution in [0.4, 0.5) is 10.8 Å². The molecular weight excluding hydrogens is 312 g/mol. The minimum Gasteiger partial charge on any atom is -0.258 e. The van der Waals surface area contributed by atoms with Gasteiger partial charge >= 0.3 is 10.3 Å². The number of hydrogen-bond acceptors (Lipinski definition) is 8. The van der Waals surface area contributed by atoms with Crippen LogP contribution in [0.3, 0.4) is 0 Å². The highest BCUT2D eigenvalue weighted by Crippen LogP contribution is 2.33. The van der Waals surface area contributed by atoms with E-state index >= 15 is 0 Å². The number of aliphatic imine (C=N–C) groups is 1. The summed E-state index contributed by atoms with van der Waals surface area (Å²) in [4.78, 5) is 14.8. The molecule has 0 fully saturated rings. The average molecular weight is 319 g/mol. The Morgan fingerprint density at radius 2 is 2.14 bits per heavy atom. The van der Waals surface area contributed by atoms with Crippen molar-refractivity contribution < 1.29 is 9.61 Å². The molecular formula is C11H7N6O2S2+. The number of hydrazone groups is 1. The number of nitro benzene ring substituents is 1. The number of thioether (sulfide) groups is 1. The van der Waals surface area contributed by atoms with Crippen LogP contribution in [0.1, 0.15) is 11.7 Å². The lowest BCUT2D eigenvalue weighted by molar-refractivity contribution is -0.769. The Labute approximate surface area is 126 Å². The van der Waals surface area contributed by atoms with Crippen molar-refractivity contribution >= 4 is 44.6 Å². The third-order valence-corrected chi connectivity index (χ3v) is 4.49. The van der Waals surface area contributed by atoms with Crippen LogP contribution in [0.15, 0.2) is 39.9 Å². The van der Waals surface area contributed by atoms with Gasteiger partial charge in [0, 0.05) is 22.7 Å². The number of hydrogen-bond donors (Lipinski definition) is 0. The molecule has 4 rings (SSSR count). The lowest BCUT2D eigenvalue weighted by Crippen LogP contribution is -2.52. The molecule has 1 aromatic heterocycles. The molecule has 3 heterocycles. The summed E-state index contributed by atoms with van der Waals surface area (Å²) in [5.41, 5.74) is 4.36. The van der Waals surface area contributed by atoms with Crippen LogP contribution in [-0.2, 0) is 0 Å². The van der Waals surface area contributed by atoms with Crippen LogP contribution < -0.4 is 4.68 Å². The smallest absolute Gasteiger partial charge is 0.258 e. The second kappa shape index (κ2) is 4.60. The van der Waals surface area contributed by atoms with Crippen molar-refractivity contribution in [3.63, 3.8) is 0 Å². The van der Waals surface area contributed by atoms with Crippen LogP contribution in [0.5, 0.6) is 0 Å². The standard InChI is InChI=1S/C11H7N6O2S2/c18-17(19)8-3-1-7(2-4-8)9-15-10(20-5-12-15)14-11-16(9)13-6-21-11/h1-6,9H/q+1. The number of amidine groups is 1. The Hall–Kier alpha value is -2.33. The SMILES string of the molecule is O=[N+]([O-])c1ccc(C2N3N=CSC3=Nc3scn[n+]32)cc1. The van der Waals surface area contributed by atoms with E-state index in [-0.39, 0.29) is 11.9 Å². The molecule has 8 nitrogen and oxygen atoms in total. The number of non-ortho nitro benzene ring substituents is 1. The molecule has 1 unspecified atom stereocenters. The molecule has 0 N–H and O–H groups in total. The fourth-order valence-corrected chi connectivity index (χ4v) is 3.51. The monoisotopic (exact) mass is 319 g/mol. The summed E-state index contributed by atoms with van der Waals surface area (Å²) in [6.07, 6.45) is -0.272. The molecule has 1 aromatic carbocycles. The molecule has 0 radical (unpaired) electrons. The molecule has 0 spiro atoms. The quantitative estimate of drug-likeness (QED) is 0.479. The van der Waals surface area contributed by atoms with Crippen LogP contribution in [0, 0.1) is 10.1 Å². The normalized spacial score (nSPS) is 19.1. The maximum atomic E-state index is 10.8.